The third kappa shape index (κ3) is 18.3. The first-order valence-corrected chi connectivity index (χ1v) is 16.1. The Labute approximate surface area is 294 Å². The summed E-state index contributed by atoms with van der Waals surface area (Å²) in [6.07, 6.45) is -2.40. The summed E-state index contributed by atoms with van der Waals surface area (Å²) in [5.41, 5.74) is 16.2. The highest BCUT2D eigenvalue weighted by molar-refractivity contribution is 5.96. The molecule has 0 heterocycles. The molecular formula is C30H51N9O12. The third-order valence-electron chi connectivity index (χ3n) is 7.35. The molecule has 0 aromatic rings. The zero-order valence-electron chi connectivity index (χ0n) is 29.3. The van der Waals surface area contributed by atoms with Crippen molar-refractivity contribution in [3.05, 3.63) is 0 Å². The Hall–Kier alpha value is -5.34. The van der Waals surface area contributed by atoms with Gasteiger partial charge in [-0.1, -0.05) is 27.7 Å². The second-order valence-electron chi connectivity index (χ2n) is 12.5. The van der Waals surface area contributed by atoms with E-state index in [0.29, 0.717) is 0 Å². The molecule has 21 nitrogen and oxygen atoms in total. The molecule has 0 aliphatic heterocycles. The van der Waals surface area contributed by atoms with Crippen molar-refractivity contribution in [1.82, 2.24) is 31.9 Å². The summed E-state index contributed by atoms with van der Waals surface area (Å²) in [6, 6.07) is -8.10. The number of carboxylic acid groups (broad SMARTS) is 2. The number of carbonyl (C=O) groups excluding carboxylic acids is 8. The van der Waals surface area contributed by atoms with Gasteiger partial charge in [-0.05, 0) is 38.0 Å². The van der Waals surface area contributed by atoms with Gasteiger partial charge in [0.1, 0.15) is 30.2 Å². The van der Waals surface area contributed by atoms with Gasteiger partial charge in [0.25, 0.3) is 0 Å². The lowest BCUT2D eigenvalue weighted by Gasteiger charge is -2.27. The standard InChI is InChI=1S/C30H51N9O12/c1-13(2)23(33)28(48)34-12-21(42)36-16(6-9-19(31)40)27(47)37-17(7-10-20(32)41)26(46)35-15(5)25(45)39-24(14(3)4)29(49)38-18(30(50)51)8-11-22(43)44/h13-18,23-24H,6-12,33H2,1-5H3,(H2,31,40)(H2,32,41)(H,34,48)(H,35,46)(H,36,42)(H,37,47)(H,38,49)(H,39,45)(H,43,44)(H,50,51)/t15-,16-,17-,18-,23-,24-/m0/s1. The lowest BCUT2D eigenvalue weighted by molar-refractivity contribution is -0.143. The molecule has 0 bridgehead atoms. The zero-order chi connectivity index (χ0) is 39.6. The summed E-state index contributed by atoms with van der Waals surface area (Å²) < 4.78 is 0. The molecule has 0 radical (unpaired) electrons. The molecular weight excluding hydrogens is 678 g/mol. The van der Waals surface area contributed by atoms with Crippen LogP contribution in [0.4, 0.5) is 0 Å². The highest BCUT2D eigenvalue weighted by Crippen LogP contribution is 2.07. The molecule has 0 aliphatic carbocycles. The number of aliphatic carboxylic acids is 2. The van der Waals surface area contributed by atoms with E-state index >= 15 is 0 Å². The largest absolute Gasteiger partial charge is 0.481 e. The lowest BCUT2D eigenvalue weighted by atomic mass is 10.0. The number of hydrogen-bond acceptors (Lipinski definition) is 11. The molecule has 0 saturated carbocycles. The number of carboxylic acids is 2. The van der Waals surface area contributed by atoms with Crippen molar-refractivity contribution in [3.63, 3.8) is 0 Å². The number of primary amides is 2. The Bertz CT molecular complexity index is 1310. The van der Waals surface area contributed by atoms with Crippen LogP contribution in [-0.4, -0.2) is 112 Å². The maximum absolute atomic E-state index is 13.2. The van der Waals surface area contributed by atoms with E-state index in [-0.39, 0.29) is 25.2 Å². The number of amides is 8. The van der Waals surface area contributed by atoms with E-state index in [4.69, 9.17) is 22.3 Å². The minimum Gasteiger partial charge on any atom is -0.481 e. The maximum atomic E-state index is 13.2. The van der Waals surface area contributed by atoms with Crippen molar-refractivity contribution in [2.24, 2.45) is 29.0 Å². The average Bonchev–Trinajstić information content (AvgIpc) is 3.02. The van der Waals surface area contributed by atoms with Crippen molar-refractivity contribution in [2.75, 3.05) is 6.54 Å². The van der Waals surface area contributed by atoms with E-state index in [1.807, 2.05) is 0 Å². The van der Waals surface area contributed by atoms with Gasteiger partial charge < -0.3 is 59.3 Å². The number of nitrogens with one attached hydrogen (secondary N) is 6. The maximum Gasteiger partial charge on any atom is 0.326 e. The number of nitrogens with two attached hydrogens (primary N) is 3. The van der Waals surface area contributed by atoms with E-state index in [1.165, 1.54) is 20.8 Å². The predicted molar refractivity (Wildman–Crippen MR) is 177 cm³/mol. The Balaban J connectivity index is 5.80. The molecule has 0 fully saturated rings. The average molecular weight is 730 g/mol. The molecule has 0 aromatic heterocycles. The van der Waals surface area contributed by atoms with Gasteiger partial charge in [-0.3, -0.25) is 43.2 Å². The van der Waals surface area contributed by atoms with E-state index in [2.05, 4.69) is 31.9 Å². The van der Waals surface area contributed by atoms with Gasteiger partial charge in [0.15, 0.2) is 0 Å². The molecule has 14 N–H and O–H groups in total. The van der Waals surface area contributed by atoms with Crippen LogP contribution in [0.5, 0.6) is 0 Å². The Morgan fingerprint density at radius 1 is 0.549 bits per heavy atom. The first kappa shape index (κ1) is 45.7. The Morgan fingerprint density at radius 3 is 1.47 bits per heavy atom. The van der Waals surface area contributed by atoms with Gasteiger partial charge >= 0.3 is 11.9 Å². The van der Waals surface area contributed by atoms with Crippen LogP contribution in [-0.2, 0) is 47.9 Å². The molecule has 0 saturated heterocycles. The Morgan fingerprint density at radius 2 is 1.02 bits per heavy atom. The summed E-state index contributed by atoms with van der Waals surface area (Å²) in [7, 11) is 0. The van der Waals surface area contributed by atoms with Crippen LogP contribution in [0.15, 0.2) is 0 Å². The molecule has 0 aliphatic rings. The van der Waals surface area contributed by atoms with E-state index < -0.39 is 127 Å². The molecule has 0 spiro atoms. The number of hydrogen-bond donors (Lipinski definition) is 11. The highest BCUT2D eigenvalue weighted by Gasteiger charge is 2.32. The lowest BCUT2D eigenvalue weighted by Crippen LogP contribution is -2.59. The van der Waals surface area contributed by atoms with Crippen LogP contribution in [0, 0.1) is 11.8 Å². The van der Waals surface area contributed by atoms with Crippen LogP contribution in [0.3, 0.4) is 0 Å². The smallest absolute Gasteiger partial charge is 0.326 e. The van der Waals surface area contributed by atoms with E-state index in [0.717, 1.165) is 0 Å². The molecule has 51 heavy (non-hydrogen) atoms. The number of carbonyl (C=O) groups is 10. The molecule has 6 atom stereocenters. The number of rotatable bonds is 24. The van der Waals surface area contributed by atoms with Gasteiger partial charge in [-0.15, -0.1) is 0 Å². The summed E-state index contributed by atoms with van der Waals surface area (Å²) >= 11 is 0. The summed E-state index contributed by atoms with van der Waals surface area (Å²) in [6.45, 7) is 7.13. The van der Waals surface area contributed by atoms with Crippen molar-refractivity contribution < 1.29 is 58.2 Å². The summed E-state index contributed by atoms with van der Waals surface area (Å²) in [5.74, 6) is -10.5. The SMILES string of the molecule is CC(C)[C@H](N)C(=O)NCC(=O)N[C@@H](CCC(N)=O)C(=O)N[C@@H](CCC(N)=O)C(=O)N[C@@H](C)C(=O)N[C@H](C(=O)N[C@@H](CCC(=O)O)C(=O)O)C(C)C. The topological polar surface area (TPSA) is 361 Å². The van der Waals surface area contributed by atoms with E-state index in [1.54, 1.807) is 13.8 Å². The fourth-order valence-corrected chi connectivity index (χ4v) is 4.20. The van der Waals surface area contributed by atoms with Crippen molar-refractivity contribution in [1.29, 1.82) is 0 Å². The zero-order valence-corrected chi connectivity index (χ0v) is 29.3. The second-order valence-corrected chi connectivity index (χ2v) is 12.5. The molecule has 0 rings (SSSR count). The van der Waals surface area contributed by atoms with Gasteiger partial charge in [-0.2, -0.15) is 0 Å². The normalized spacial score (nSPS) is 14.4. The van der Waals surface area contributed by atoms with Crippen LogP contribution in [0.25, 0.3) is 0 Å². The fourth-order valence-electron chi connectivity index (χ4n) is 4.20. The molecule has 21 heteroatoms. The minimum atomic E-state index is -1.56. The first-order chi connectivity index (χ1) is 23.6. The van der Waals surface area contributed by atoms with Gasteiger partial charge in [0, 0.05) is 19.3 Å². The van der Waals surface area contributed by atoms with Gasteiger partial charge in [0.05, 0.1) is 12.6 Å². The first-order valence-electron chi connectivity index (χ1n) is 16.1. The molecule has 8 amide bonds. The van der Waals surface area contributed by atoms with Crippen molar-refractivity contribution in [3.8, 4) is 0 Å². The fraction of sp³-hybridized carbons (Fsp3) is 0.667. The van der Waals surface area contributed by atoms with Crippen LogP contribution < -0.4 is 49.1 Å². The summed E-state index contributed by atoms with van der Waals surface area (Å²) in [4.78, 5) is 122. The summed E-state index contributed by atoms with van der Waals surface area (Å²) in [5, 5.41) is 32.1. The van der Waals surface area contributed by atoms with Crippen LogP contribution in [0.2, 0.25) is 0 Å². The molecule has 0 unspecified atom stereocenters. The van der Waals surface area contributed by atoms with Crippen molar-refractivity contribution >= 4 is 59.2 Å². The highest BCUT2D eigenvalue weighted by atomic mass is 16.4. The minimum absolute atomic E-state index is 0.232. The quantitative estimate of drug-likeness (QED) is 0.0448. The van der Waals surface area contributed by atoms with E-state index in [9.17, 15) is 53.1 Å². The monoisotopic (exact) mass is 729 g/mol. The van der Waals surface area contributed by atoms with Gasteiger partial charge in [-0.25, -0.2) is 4.79 Å². The molecule has 288 valence electrons. The van der Waals surface area contributed by atoms with Crippen molar-refractivity contribution in [2.45, 2.75) is 109 Å². The second kappa shape index (κ2) is 22.4. The molecule has 0 aromatic carbocycles. The van der Waals surface area contributed by atoms with Crippen LogP contribution >= 0.6 is 0 Å². The van der Waals surface area contributed by atoms with Gasteiger partial charge in [0.2, 0.25) is 47.3 Å². The third-order valence-corrected chi connectivity index (χ3v) is 7.35. The Kier molecular flexibility index (Phi) is 20.0. The van der Waals surface area contributed by atoms with Crippen LogP contribution in [0.1, 0.15) is 73.1 Å². The predicted octanol–water partition coefficient (Wildman–Crippen LogP) is -4.33.